The number of aromatic nitrogens is 3. The minimum Gasteiger partial charge on any atom is -0.496 e. The molecule has 2 heterocycles. The fraction of sp³-hybridized carbons (Fsp3) is 0.381. The van der Waals surface area contributed by atoms with Crippen molar-refractivity contribution in [1.29, 1.82) is 0 Å². The maximum atomic E-state index is 5.40. The standard InChI is InChI=1S/C21H28N6O/c1-4-22-21(23-12-10-17-9-8-16(2)18(15-17)28-3)24-13-11-20-26-25-19-7-5-6-14-27(19)20/h5-9,14-15H,4,10-13H2,1-3H3,(H2,22,23,24). The second-order valence-electron chi connectivity index (χ2n) is 6.54. The molecule has 0 saturated carbocycles. The summed E-state index contributed by atoms with van der Waals surface area (Å²) in [6, 6.07) is 12.2. The summed E-state index contributed by atoms with van der Waals surface area (Å²) in [6.07, 6.45) is 3.61. The molecule has 0 atom stereocenters. The van der Waals surface area contributed by atoms with Crippen molar-refractivity contribution in [2.75, 3.05) is 26.7 Å². The number of methoxy groups -OCH3 is 1. The first kappa shape index (κ1) is 19.7. The Morgan fingerprint density at radius 1 is 1.14 bits per heavy atom. The molecule has 0 spiro atoms. The van der Waals surface area contributed by atoms with Gasteiger partial charge in [-0.25, -0.2) is 0 Å². The van der Waals surface area contributed by atoms with Crippen molar-refractivity contribution in [1.82, 2.24) is 25.2 Å². The Labute approximate surface area is 165 Å². The third-order valence-corrected chi connectivity index (χ3v) is 4.51. The molecule has 0 aliphatic carbocycles. The Bertz CT molecular complexity index is 934. The van der Waals surface area contributed by atoms with E-state index in [4.69, 9.17) is 4.74 Å². The third kappa shape index (κ3) is 5.00. The summed E-state index contributed by atoms with van der Waals surface area (Å²) in [5.74, 6) is 2.66. The molecule has 3 aromatic rings. The van der Waals surface area contributed by atoms with Gasteiger partial charge in [-0.2, -0.15) is 0 Å². The van der Waals surface area contributed by atoms with Crippen LogP contribution in [0.3, 0.4) is 0 Å². The highest BCUT2D eigenvalue weighted by atomic mass is 16.5. The maximum Gasteiger partial charge on any atom is 0.191 e. The van der Waals surface area contributed by atoms with Crippen LogP contribution in [0.1, 0.15) is 23.9 Å². The van der Waals surface area contributed by atoms with E-state index in [1.54, 1.807) is 7.11 Å². The number of guanidine groups is 1. The van der Waals surface area contributed by atoms with Crippen LogP contribution in [-0.2, 0) is 12.8 Å². The minimum atomic E-state index is 0.642. The number of benzene rings is 1. The molecule has 0 radical (unpaired) electrons. The van der Waals surface area contributed by atoms with Crippen LogP contribution < -0.4 is 15.4 Å². The molecule has 0 fully saturated rings. The van der Waals surface area contributed by atoms with E-state index in [-0.39, 0.29) is 0 Å². The van der Waals surface area contributed by atoms with E-state index < -0.39 is 0 Å². The van der Waals surface area contributed by atoms with Crippen molar-refractivity contribution in [2.24, 2.45) is 4.99 Å². The molecule has 2 N–H and O–H groups in total. The monoisotopic (exact) mass is 380 g/mol. The van der Waals surface area contributed by atoms with Crippen LogP contribution in [0, 0.1) is 6.92 Å². The summed E-state index contributed by atoms with van der Waals surface area (Å²) >= 11 is 0. The average molecular weight is 380 g/mol. The summed E-state index contributed by atoms with van der Waals surface area (Å²) in [5.41, 5.74) is 3.25. The molecule has 0 saturated heterocycles. The molecule has 2 aromatic heterocycles. The van der Waals surface area contributed by atoms with Crippen molar-refractivity contribution < 1.29 is 4.74 Å². The van der Waals surface area contributed by atoms with E-state index >= 15 is 0 Å². The first-order valence-electron chi connectivity index (χ1n) is 9.65. The van der Waals surface area contributed by atoms with Crippen LogP contribution in [0.15, 0.2) is 47.6 Å². The molecule has 1 aromatic carbocycles. The fourth-order valence-corrected chi connectivity index (χ4v) is 3.02. The van der Waals surface area contributed by atoms with Gasteiger partial charge in [0.2, 0.25) is 0 Å². The summed E-state index contributed by atoms with van der Waals surface area (Å²) < 4.78 is 7.40. The fourth-order valence-electron chi connectivity index (χ4n) is 3.02. The predicted molar refractivity (Wildman–Crippen MR) is 112 cm³/mol. The molecular weight excluding hydrogens is 352 g/mol. The highest BCUT2D eigenvalue weighted by Gasteiger charge is 2.05. The molecule has 0 bridgehead atoms. The third-order valence-electron chi connectivity index (χ3n) is 4.51. The lowest BCUT2D eigenvalue weighted by Crippen LogP contribution is -2.38. The summed E-state index contributed by atoms with van der Waals surface area (Å²) in [5, 5.41) is 15.1. The van der Waals surface area contributed by atoms with Crippen LogP contribution in [0.25, 0.3) is 5.65 Å². The zero-order valence-corrected chi connectivity index (χ0v) is 16.8. The highest BCUT2D eigenvalue weighted by Crippen LogP contribution is 2.18. The molecule has 7 nitrogen and oxygen atoms in total. The second kappa shape index (κ2) is 9.73. The number of hydrogen-bond donors (Lipinski definition) is 2. The van der Waals surface area contributed by atoms with E-state index in [9.17, 15) is 0 Å². The SMILES string of the molecule is CCNC(=NCCc1nnc2ccccn12)NCCc1ccc(C)c(OC)c1. The Morgan fingerprint density at radius 2 is 2.04 bits per heavy atom. The second-order valence-corrected chi connectivity index (χ2v) is 6.54. The van der Waals surface area contributed by atoms with Crippen LogP contribution in [0.2, 0.25) is 0 Å². The smallest absolute Gasteiger partial charge is 0.191 e. The normalized spacial score (nSPS) is 11.6. The predicted octanol–water partition coefficient (Wildman–Crippen LogP) is 2.39. The first-order chi connectivity index (χ1) is 13.7. The van der Waals surface area contributed by atoms with E-state index in [0.29, 0.717) is 6.54 Å². The molecule has 0 amide bonds. The van der Waals surface area contributed by atoms with Gasteiger partial charge in [0.15, 0.2) is 11.6 Å². The van der Waals surface area contributed by atoms with Crippen LogP contribution in [0.4, 0.5) is 0 Å². The summed E-state index contributed by atoms with van der Waals surface area (Å²) in [4.78, 5) is 4.66. The molecule has 28 heavy (non-hydrogen) atoms. The van der Waals surface area contributed by atoms with Gasteiger partial charge in [-0.3, -0.25) is 9.39 Å². The highest BCUT2D eigenvalue weighted by molar-refractivity contribution is 5.79. The summed E-state index contributed by atoms with van der Waals surface area (Å²) in [6.45, 7) is 6.37. The van der Waals surface area contributed by atoms with E-state index in [2.05, 4.69) is 57.9 Å². The number of nitrogens with zero attached hydrogens (tertiary/aromatic N) is 4. The minimum absolute atomic E-state index is 0.642. The lowest BCUT2D eigenvalue weighted by molar-refractivity contribution is 0.411. The van der Waals surface area contributed by atoms with Gasteiger partial charge < -0.3 is 15.4 Å². The van der Waals surface area contributed by atoms with Crippen molar-refractivity contribution in [2.45, 2.75) is 26.7 Å². The van der Waals surface area contributed by atoms with Crippen molar-refractivity contribution in [3.63, 3.8) is 0 Å². The number of hydrogen-bond acceptors (Lipinski definition) is 4. The molecule has 0 aliphatic heterocycles. The molecular formula is C21H28N6O. The number of aliphatic imine (C=N–C) groups is 1. The summed E-state index contributed by atoms with van der Waals surface area (Å²) in [7, 11) is 1.71. The van der Waals surface area contributed by atoms with Crippen LogP contribution in [-0.4, -0.2) is 47.3 Å². The van der Waals surface area contributed by atoms with Crippen molar-refractivity contribution >= 4 is 11.6 Å². The van der Waals surface area contributed by atoms with Gasteiger partial charge in [-0.15, -0.1) is 10.2 Å². The molecule has 3 rings (SSSR count). The number of aryl methyl sites for hydroxylation is 1. The Hall–Kier alpha value is -3.09. The number of fused-ring (bicyclic) bond motifs is 1. The van der Waals surface area contributed by atoms with Crippen molar-refractivity contribution in [3.05, 3.63) is 59.5 Å². The number of ether oxygens (including phenoxy) is 1. The Kier molecular flexibility index (Phi) is 6.84. The molecule has 148 valence electrons. The Morgan fingerprint density at radius 3 is 2.86 bits per heavy atom. The van der Waals surface area contributed by atoms with E-state index in [0.717, 1.165) is 54.7 Å². The lowest BCUT2D eigenvalue weighted by atomic mass is 10.1. The first-order valence-corrected chi connectivity index (χ1v) is 9.65. The number of nitrogens with one attached hydrogen (secondary N) is 2. The van der Waals surface area contributed by atoms with E-state index in [1.165, 1.54) is 5.56 Å². The van der Waals surface area contributed by atoms with Gasteiger partial charge in [-0.05, 0) is 49.6 Å². The van der Waals surface area contributed by atoms with Gasteiger partial charge >= 0.3 is 0 Å². The van der Waals surface area contributed by atoms with Gasteiger partial charge in [0, 0.05) is 32.3 Å². The largest absolute Gasteiger partial charge is 0.496 e. The van der Waals surface area contributed by atoms with Crippen molar-refractivity contribution in [3.8, 4) is 5.75 Å². The lowest BCUT2D eigenvalue weighted by Gasteiger charge is -2.12. The van der Waals surface area contributed by atoms with Gasteiger partial charge in [-0.1, -0.05) is 18.2 Å². The molecule has 0 aliphatic rings. The van der Waals surface area contributed by atoms with Crippen LogP contribution in [0.5, 0.6) is 5.75 Å². The molecule has 7 heteroatoms. The Balaban J connectivity index is 1.54. The van der Waals surface area contributed by atoms with Gasteiger partial charge in [0.25, 0.3) is 0 Å². The van der Waals surface area contributed by atoms with Gasteiger partial charge in [0.05, 0.1) is 7.11 Å². The van der Waals surface area contributed by atoms with Crippen LogP contribution >= 0.6 is 0 Å². The maximum absolute atomic E-state index is 5.40. The molecule has 0 unspecified atom stereocenters. The number of pyridine rings is 1. The van der Waals surface area contributed by atoms with E-state index in [1.807, 2.05) is 28.8 Å². The topological polar surface area (TPSA) is 75.8 Å². The zero-order valence-electron chi connectivity index (χ0n) is 16.8. The van der Waals surface area contributed by atoms with Gasteiger partial charge in [0.1, 0.15) is 11.6 Å². The number of rotatable bonds is 8. The average Bonchev–Trinajstić information content (AvgIpc) is 3.12. The quantitative estimate of drug-likeness (QED) is 0.464. The zero-order chi connectivity index (χ0) is 19.8.